The minimum atomic E-state index is -0.356. The lowest BCUT2D eigenvalue weighted by Gasteiger charge is -2.12. The van der Waals surface area contributed by atoms with Crippen LogP contribution >= 0.6 is 0 Å². The molecule has 5 heteroatoms. The minimum Gasteiger partial charge on any atom is -0.491 e. The second-order valence-electron chi connectivity index (χ2n) is 6.13. The van der Waals surface area contributed by atoms with Gasteiger partial charge in [-0.1, -0.05) is 30.3 Å². The second-order valence-corrected chi connectivity index (χ2v) is 6.13. The van der Waals surface area contributed by atoms with Crippen molar-refractivity contribution in [3.63, 3.8) is 0 Å². The zero-order valence-corrected chi connectivity index (χ0v) is 14.0. The molecule has 0 radical (unpaired) electrons. The van der Waals surface area contributed by atoms with E-state index < -0.39 is 0 Å². The highest BCUT2D eigenvalue weighted by Crippen LogP contribution is 2.16. The van der Waals surface area contributed by atoms with Crippen LogP contribution in [0.3, 0.4) is 0 Å². The van der Waals surface area contributed by atoms with Crippen LogP contribution in [0.5, 0.6) is 5.75 Å². The Balaban J connectivity index is 1.43. The van der Waals surface area contributed by atoms with Gasteiger partial charge in [-0.3, -0.25) is 4.79 Å². The van der Waals surface area contributed by atoms with Gasteiger partial charge < -0.3 is 14.8 Å². The van der Waals surface area contributed by atoms with Crippen LogP contribution in [-0.4, -0.2) is 25.2 Å². The summed E-state index contributed by atoms with van der Waals surface area (Å²) >= 11 is 0. The van der Waals surface area contributed by atoms with Crippen LogP contribution < -0.4 is 10.1 Å². The summed E-state index contributed by atoms with van der Waals surface area (Å²) in [5.74, 6) is 0.228. The number of amides is 1. The molecule has 1 amide bonds. The molecular formula is C20H22FNO3. The molecule has 3 rings (SSSR count). The maximum absolute atomic E-state index is 13.5. The molecule has 0 saturated carbocycles. The van der Waals surface area contributed by atoms with Crippen molar-refractivity contribution in [2.75, 3.05) is 13.2 Å². The molecule has 132 valence electrons. The van der Waals surface area contributed by atoms with E-state index in [9.17, 15) is 9.18 Å². The Bertz CT molecular complexity index is 696. The Kier molecular flexibility index (Phi) is 6.01. The molecule has 2 aromatic rings. The topological polar surface area (TPSA) is 47.6 Å². The lowest BCUT2D eigenvalue weighted by Crippen LogP contribution is -2.24. The Morgan fingerprint density at radius 2 is 2.00 bits per heavy atom. The minimum absolute atomic E-state index is 0.0370. The smallest absolute Gasteiger partial charge is 0.224 e. The fraction of sp³-hybridized carbons (Fsp3) is 0.350. The number of hydrogen-bond acceptors (Lipinski definition) is 3. The molecule has 1 heterocycles. The quantitative estimate of drug-likeness (QED) is 0.839. The van der Waals surface area contributed by atoms with E-state index in [1.807, 2.05) is 24.3 Å². The summed E-state index contributed by atoms with van der Waals surface area (Å²) in [5, 5.41) is 2.80. The lowest BCUT2D eigenvalue weighted by molar-refractivity contribution is -0.120. The first-order chi connectivity index (χ1) is 12.2. The van der Waals surface area contributed by atoms with Crippen molar-refractivity contribution in [2.45, 2.75) is 31.9 Å². The molecule has 1 aliphatic heterocycles. The van der Waals surface area contributed by atoms with Gasteiger partial charge in [0.1, 0.15) is 18.2 Å². The largest absolute Gasteiger partial charge is 0.491 e. The number of rotatable bonds is 7. The van der Waals surface area contributed by atoms with Crippen LogP contribution in [0.15, 0.2) is 48.5 Å². The number of nitrogens with one attached hydrogen (secondary N) is 1. The Labute approximate surface area is 147 Å². The number of benzene rings is 2. The van der Waals surface area contributed by atoms with Gasteiger partial charge in [-0.2, -0.15) is 0 Å². The molecule has 0 aromatic heterocycles. The summed E-state index contributed by atoms with van der Waals surface area (Å²) in [6, 6.07) is 13.9. The monoisotopic (exact) mass is 343 g/mol. The van der Waals surface area contributed by atoms with E-state index in [0.29, 0.717) is 18.7 Å². The Hall–Kier alpha value is -2.40. The molecule has 1 fully saturated rings. The van der Waals surface area contributed by atoms with E-state index in [-0.39, 0.29) is 24.2 Å². The molecular weight excluding hydrogens is 321 g/mol. The summed E-state index contributed by atoms with van der Waals surface area (Å²) in [6.07, 6.45) is 2.37. The number of halogens is 1. The summed E-state index contributed by atoms with van der Waals surface area (Å²) in [5.41, 5.74) is 1.37. The molecule has 0 spiro atoms. The van der Waals surface area contributed by atoms with Crippen LogP contribution in [0, 0.1) is 5.82 Å². The molecule has 25 heavy (non-hydrogen) atoms. The van der Waals surface area contributed by atoms with Crippen LogP contribution in [0.1, 0.15) is 24.0 Å². The SMILES string of the molecule is O=C(Cc1ccccc1F)NCc1ccc(OC[C@H]2CCCO2)cc1. The van der Waals surface area contributed by atoms with Crippen LogP contribution in [0.2, 0.25) is 0 Å². The van der Waals surface area contributed by atoms with E-state index in [2.05, 4.69) is 5.32 Å². The molecule has 1 N–H and O–H groups in total. The van der Waals surface area contributed by atoms with Crippen molar-refractivity contribution in [3.8, 4) is 5.75 Å². The van der Waals surface area contributed by atoms with E-state index in [1.54, 1.807) is 18.2 Å². The van der Waals surface area contributed by atoms with Gasteiger partial charge in [0.15, 0.2) is 0 Å². The maximum atomic E-state index is 13.5. The molecule has 0 unspecified atom stereocenters. The highest BCUT2D eigenvalue weighted by atomic mass is 19.1. The van der Waals surface area contributed by atoms with Crippen LogP contribution in [0.4, 0.5) is 4.39 Å². The van der Waals surface area contributed by atoms with Crippen molar-refractivity contribution in [1.82, 2.24) is 5.32 Å². The van der Waals surface area contributed by atoms with E-state index >= 15 is 0 Å². The second kappa shape index (κ2) is 8.62. The summed E-state index contributed by atoms with van der Waals surface area (Å²) < 4.78 is 24.8. The fourth-order valence-electron chi connectivity index (χ4n) is 2.75. The van der Waals surface area contributed by atoms with Gasteiger partial charge >= 0.3 is 0 Å². The van der Waals surface area contributed by atoms with E-state index in [1.165, 1.54) is 6.07 Å². The molecule has 1 aliphatic rings. The van der Waals surface area contributed by atoms with Gasteiger partial charge in [0.2, 0.25) is 5.91 Å². The summed E-state index contributed by atoms with van der Waals surface area (Å²) in [4.78, 5) is 11.9. The molecule has 0 bridgehead atoms. The van der Waals surface area contributed by atoms with Gasteiger partial charge in [0, 0.05) is 13.2 Å². The first-order valence-electron chi connectivity index (χ1n) is 8.54. The predicted octanol–water partition coefficient (Wildman–Crippen LogP) is 3.24. The zero-order chi connectivity index (χ0) is 17.5. The molecule has 1 saturated heterocycles. The number of carbonyl (C=O) groups is 1. The van der Waals surface area contributed by atoms with E-state index in [0.717, 1.165) is 30.8 Å². The van der Waals surface area contributed by atoms with Crippen molar-refractivity contribution < 1.29 is 18.7 Å². The van der Waals surface area contributed by atoms with Crippen LogP contribution in [0.25, 0.3) is 0 Å². The normalized spacial score (nSPS) is 16.6. The average Bonchev–Trinajstić information content (AvgIpc) is 3.15. The number of hydrogen-bond donors (Lipinski definition) is 1. The maximum Gasteiger partial charge on any atom is 0.224 e. The third-order valence-corrected chi connectivity index (χ3v) is 4.18. The third kappa shape index (κ3) is 5.29. The number of carbonyl (C=O) groups excluding carboxylic acids is 1. The fourth-order valence-corrected chi connectivity index (χ4v) is 2.75. The van der Waals surface area contributed by atoms with Crippen molar-refractivity contribution in [3.05, 3.63) is 65.5 Å². The highest BCUT2D eigenvalue weighted by Gasteiger charge is 2.15. The lowest BCUT2D eigenvalue weighted by atomic mass is 10.1. The first kappa shape index (κ1) is 17.4. The standard InChI is InChI=1S/C20H22FNO3/c21-19-6-2-1-4-16(19)12-20(23)22-13-15-7-9-17(10-8-15)25-14-18-5-3-11-24-18/h1-2,4,6-10,18H,3,5,11-14H2,(H,22,23)/t18-/m1/s1. The van der Waals surface area contributed by atoms with E-state index in [4.69, 9.17) is 9.47 Å². The molecule has 2 aromatic carbocycles. The van der Waals surface area contributed by atoms with Gasteiger partial charge in [-0.15, -0.1) is 0 Å². The summed E-state index contributed by atoms with van der Waals surface area (Å²) in [6.45, 7) is 1.79. The predicted molar refractivity (Wildman–Crippen MR) is 92.9 cm³/mol. The van der Waals surface area contributed by atoms with Crippen molar-refractivity contribution in [2.24, 2.45) is 0 Å². The Morgan fingerprint density at radius 1 is 1.20 bits per heavy atom. The third-order valence-electron chi connectivity index (χ3n) is 4.18. The molecule has 0 aliphatic carbocycles. The molecule has 1 atom stereocenters. The van der Waals surface area contributed by atoms with Gasteiger partial charge in [0.05, 0.1) is 12.5 Å². The average molecular weight is 343 g/mol. The van der Waals surface area contributed by atoms with Crippen LogP contribution in [-0.2, 0) is 22.5 Å². The molecule has 4 nitrogen and oxygen atoms in total. The number of ether oxygens (including phenoxy) is 2. The highest BCUT2D eigenvalue weighted by molar-refractivity contribution is 5.78. The van der Waals surface area contributed by atoms with Crippen molar-refractivity contribution >= 4 is 5.91 Å². The Morgan fingerprint density at radius 3 is 2.72 bits per heavy atom. The van der Waals surface area contributed by atoms with Gasteiger partial charge in [-0.25, -0.2) is 4.39 Å². The van der Waals surface area contributed by atoms with Crippen molar-refractivity contribution in [1.29, 1.82) is 0 Å². The first-order valence-corrected chi connectivity index (χ1v) is 8.54. The van der Waals surface area contributed by atoms with Gasteiger partial charge in [0.25, 0.3) is 0 Å². The van der Waals surface area contributed by atoms with Gasteiger partial charge in [-0.05, 0) is 42.2 Å². The zero-order valence-electron chi connectivity index (χ0n) is 14.0. The summed E-state index contributed by atoms with van der Waals surface area (Å²) in [7, 11) is 0.